The van der Waals surface area contributed by atoms with Crippen LogP contribution in [0.25, 0.3) is 0 Å². The highest BCUT2D eigenvalue weighted by atomic mass is 16.3. The number of primary amides is 1. The first-order valence-electron chi connectivity index (χ1n) is 2.53. The minimum absolute atomic E-state index is 0.660. The normalized spacial score (nSPS) is 16.8. The zero-order valence-electron chi connectivity index (χ0n) is 5.16. The summed E-state index contributed by atoms with van der Waals surface area (Å²) in [4.78, 5) is 10.3. The minimum Gasteiger partial charge on any atom is -0.391 e. The summed E-state index contributed by atoms with van der Waals surface area (Å²) in [6.45, 7) is 1.43. The molecule has 0 radical (unpaired) electrons. The molecule has 9 heavy (non-hydrogen) atoms. The zero-order chi connectivity index (χ0) is 7.44. The fraction of sp³-hybridized carbons (Fsp3) is 0.750. The first-order valence-corrected chi connectivity index (χ1v) is 2.53. The van der Waals surface area contributed by atoms with E-state index < -0.39 is 18.1 Å². The van der Waals surface area contributed by atoms with Crippen molar-refractivity contribution < 1.29 is 9.90 Å². The molecule has 0 aromatic heterocycles. The molecule has 5 heteroatoms. The Kier molecular flexibility index (Phi) is 3.15. The third-order valence-electron chi connectivity index (χ3n) is 0.968. The van der Waals surface area contributed by atoms with Crippen LogP contribution in [0.2, 0.25) is 0 Å². The van der Waals surface area contributed by atoms with Gasteiger partial charge in [-0.15, -0.1) is 0 Å². The Morgan fingerprint density at radius 3 is 2.22 bits per heavy atom. The second kappa shape index (κ2) is 3.39. The summed E-state index contributed by atoms with van der Waals surface area (Å²) in [5.41, 5.74) is 6.88. The monoisotopic (exact) mass is 133 g/mol. The Morgan fingerprint density at radius 1 is 1.78 bits per heavy atom. The fourth-order valence-electron chi connectivity index (χ4n) is 0.459. The number of aliphatic hydroxyl groups excluding tert-OH is 1. The molecule has 5 nitrogen and oxygen atoms in total. The molecule has 6 N–H and O–H groups in total. The first kappa shape index (κ1) is 8.35. The van der Waals surface area contributed by atoms with Crippen molar-refractivity contribution in [3.8, 4) is 0 Å². The van der Waals surface area contributed by atoms with Gasteiger partial charge in [-0.1, -0.05) is 0 Å². The van der Waals surface area contributed by atoms with E-state index in [2.05, 4.69) is 5.43 Å². The molecule has 1 amide bonds. The van der Waals surface area contributed by atoms with Crippen molar-refractivity contribution in [2.75, 3.05) is 0 Å². The highest BCUT2D eigenvalue weighted by Gasteiger charge is 2.18. The number of carbonyl (C=O) groups excluding carboxylic acids is 1. The molecular weight excluding hydrogens is 122 g/mol. The van der Waals surface area contributed by atoms with Crippen LogP contribution in [0.1, 0.15) is 6.92 Å². The minimum atomic E-state index is -0.856. The molecule has 54 valence electrons. The molecule has 1 unspecified atom stereocenters. The lowest BCUT2D eigenvalue weighted by Gasteiger charge is -2.13. The maximum absolute atomic E-state index is 10.3. The number of hydrogen-bond donors (Lipinski definition) is 4. The Balaban J connectivity index is 3.83. The average Bonchev–Trinajstić information content (AvgIpc) is 1.64. The van der Waals surface area contributed by atoms with Crippen LogP contribution in [-0.2, 0) is 4.79 Å². The highest BCUT2D eigenvalue weighted by Crippen LogP contribution is 1.87. The topological polar surface area (TPSA) is 101 Å². The number of aliphatic hydroxyl groups is 1. The van der Waals surface area contributed by atoms with E-state index in [1.165, 1.54) is 6.92 Å². The predicted octanol–water partition coefficient (Wildman–Crippen LogP) is -2.32. The van der Waals surface area contributed by atoms with Crippen LogP contribution < -0.4 is 17.0 Å². The second-order valence-electron chi connectivity index (χ2n) is 1.79. The van der Waals surface area contributed by atoms with Crippen LogP contribution >= 0.6 is 0 Å². The number of hydrazine groups is 1. The molecule has 2 atom stereocenters. The van der Waals surface area contributed by atoms with Crippen LogP contribution in [0.15, 0.2) is 0 Å². The molecule has 0 saturated carbocycles. The van der Waals surface area contributed by atoms with Gasteiger partial charge in [-0.3, -0.25) is 10.6 Å². The van der Waals surface area contributed by atoms with Gasteiger partial charge in [-0.25, -0.2) is 5.43 Å². The molecule has 0 fully saturated rings. The van der Waals surface area contributed by atoms with E-state index >= 15 is 0 Å². The lowest BCUT2D eigenvalue weighted by Crippen LogP contribution is -2.51. The third kappa shape index (κ3) is 2.41. The van der Waals surface area contributed by atoms with Crippen molar-refractivity contribution in [1.29, 1.82) is 0 Å². The van der Waals surface area contributed by atoms with Gasteiger partial charge < -0.3 is 10.8 Å². The molecule has 0 heterocycles. The second-order valence-corrected chi connectivity index (χ2v) is 1.79. The van der Waals surface area contributed by atoms with Gasteiger partial charge in [0.1, 0.15) is 6.04 Å². The van der Waals surface area contributed by atoms with Crippen LogP contribution in [-0.4, -0.2) is 23.2 Å². The van der Waals surface area contributed by atoms with Gasteiger partial charge >= 0.3 is 0 Å². The van der Waals surface area contributed by atoms with Crippen molar-refractivity contribution >= 4 is 5.91 Å². The Morgan fingerprint density at radius 2 is 2.22 bits per heavy atom. The molecule has 0 bridgehead atoms. The summed E-state index contributed by atoms with van der Waals surface area (Å²) in [6, 6.07) is -0.856. The van der Waals surface area contributed by atoms with E-state index in [0.717, 1.165) is 0 Å². The van der Waals surface area contributed by atoms with Gasteiger partial charge in [0.15, 0.2) is 0 Å². The lowest BCUT2D eigenvalue weighted by atomic mass is 10.2. The van der Waals surface area contributed by atoms with Crippen molar-refractivity contribution in [1.82, 2.24) is 5.43 Å². The molecule has 0 saturated heterocycles. The summed E-state index contributed by atoms with van der Waals surface area (Å²) in [5, 5.41) is 8.74. The summed E-state index contributed by atoms with van der Waals surface area (Å²) in [6.07, 6.45) is -0.854. The molecule has 0 rings (SSSR count). The van der Waals surface area contributed by atoms with E-state index in [4.69, 9.17) is 16.7 Å². The largest absolute Gasteiger partial charge is 0.391 e. The van der Waals surface area contributed by atoms with E-state index in [1.807, 2.05) is 0 Å². The number of nitrogens with one attached hydrogen (secondary N) is 1. The summed E-state index contributed by atoms with van der Waals surface area (Å²) in [7, 11) is 0. The Hall–Kier alpha value is -0.650. The molecule has 0 aliphatic rings. The average molecular weight is 133 g/mol. The van der Waals surface area contributed by atoms with E-state index in [1.54, 1.807) is 0 Å². The Bertz CT molecular complexity index is 104. The maximum atomic E-state index is 10.3. The van der Waals surface area contributed by atoms with Crippen molar-refractivity contribution in [2.45, 2.75) is 19.1 Å². The van der Waals surface area contributed by atoms with Crippen molar-refractivity contribution in [2.24, 2.45) is 11.6 Å². The predicted molar refractivity (Wildman–Crippen MR) is 32.0 cm³/mol. The van der Waals surface area contributed by atoms with Gasteiger partial charge in [0.05, 0.1) is 6.10 Å². The van der Waals surface area contributed by atoms with Crippen molar-refractivity contribution in [3.63, 3.8) is 0 Å². The summed E-state index contributed by atoms with van der Waals surface area (Å²) in [5.74, 6) is 4.20. The van der Waals surface area contributed by atoms with E-state index in [0.29, 0.717) is 0 Å². The van der Waals surface area contributed by atoms with Crippen molar-refractivity contribution in [3.05, 3.63) is 0 Å². The molecule has 0 aliphatic heterocycles. The number of amides is 1. The zero-order valence-corrected chi connectivity index (χ0v) is 5.16. The molecule has 0 aliphatic carbocycles. The van der Waals surface area contributed by atoms with Gasteiger partial charge in [0.25, 0.3) is 0 Å². The summed E-state index contributed by atoms with van der Waals surface area (Å²) < 4.78 is 0. The summed E-state index contributed by atoms with van der Waals surface area (Å²) >= 11 is 0. The molecule has 0 aromatic carbocycles. The number of nitrogens with two attached hydrogens (primary N) is 2. The lowest BCUT2D eigenvalue weighted by molar-refractivity contribution is -0.122. The van der Waals surface area contributed by atoms with Crippen LogP contribution in [0.3, 0.4) is 0 Å². The van der Waals surface area contributed by atoms with Crippen LogP contribution in [0.4, 0.5) is 0 Å². The maximum Gasteiger partial charge on any atom is 0.238 e. The van der Waals surface area contributed by atoms with Gasteiger partial charge in [-0.2, -0.15) is 0 Å². The first-order chi connectivity index (χ1) is 4.09. The SMILES string of the molecule is C[C@@H](O)C(NN)C(N)=O. The van der Waals surface area contributed by atoms with E-state index in [9.17, 15) is 4.79 Å². The standard InChI is InChI=1S/C4H11N3O2/c1-2(8)3(7-6)4(5)9/h2-3,7-8H,6H2,1H3,(H2,5,9)/t2-,3?/m1/s1. The number of carbonyl (C=O) groups is 1. The molecular formula is C4H11N3O2. The van der Waals surface area contributed by atoms with Gasteiger partial charge in [0.2, 0.25) is 5.91 Å². The van der Waals surface area contributed by atoms with Crippen LogP contribution in [0.5, 0.6) is 0 Å². The fourth-order valence-corrected chi connectivity index (χ4v) is 0.459. The highest BCUT2D eigenvalue weighted by molar-refractivity contribution is 5.80. The van der Waals surface area contributed by atoms with Gasteiger partial charge in [0, 0.05) is 0 Å². The van der Waals surface area contributed by atoms with E-state index in [-0.39, 0.29) is 0 Å². The third-order valence-corrected chi connectivity index (χ3v) is 0.968. The number of rotatable bonds is 3. The molecule has 0 aromatic rings. The number of hydrogen-bond acceptors (Lipinski definition) is 4. The van der Waals surface area contributed by atoms with Crippen LogP contribution in [0, 0.1) is 0 Å². The molecule has 0 spiro atoms. The van der Waals surface area contributed by atoms with Gasteiger partial charge in [-0.05, 0) is 6.92 Å². The Labute approximate surface area is 53.0 Å². The smallest absolute Gasteiger partial charge is 0.238 e. The quantitative estimate of drug-likeness (QED) is 0.256.